The van der Waals surface area contributed by atoms with E-state index >= 15 is 0 Å². The van der Waals surface area contributed by atoms with Crippen LogP contribution in [0.5, 0.6) is 5.75 Å². The molecule has 3 rings (SSSR count). The van der Waals surface area contributed by atoms with Crippen molar-refractivity contribution in [3.8, 4) is 5.75 Å². The summed E-state index contributed by atoms with van der Waals surface area (Å²) in [4.78, 5) is 19.8. The Morgan fingerprint density at radius 3 is 2.68 bits per heavy atom. The second-order valence-corrected chi connectivity index (χ2v) is 7.92. The summed E-state index contributed by atoms with van der Waals surface area (Å²) < 4.78 is 19.0. The van der Waals surface area contributed by atoms with Gasteiger partial charge in [0, 0.05) is 51.9 Å². The van der Waals surface area contributed by atoms with Gasteiger partial charge in [0.05, 0.1) is 12.7 Å². The smallest absolute Gasteiger partial charge is 0.257 e. The molecule has 2 fully saturated rings. The number of piperazine rings is 1. The summed E-state index contributed by atoms with van der Waals surface area (Å²) in [5, 5.41) is 9.32. The maximum absolute atomic E-state index is 13.7. The minimum absolute atomic E-state index is 0.164. The van der Waals surface area contributed by atoms with Crippen LogP contribution in [0.2, 0.25) is 0 Å². The van der Waals surface area contributed by atoms with Gasteiger partial charge in [0.25, 0.3) is 5.91 Å². The highest BCUT2D eigenvalue weighted by molar-refractivity contribution is 5.97. The molecule has 28 heavy (non-hydrogen) atoms. The molecule has 2 atom stereocenters. The topological polar surface area (TPSA) is 56.2 Å². The first kappa shape index (κ1) is 21.0. The fraction of sp³-hybridized carbons (Fsp3) is 0.667. The Balaban J connectivity index is 1.73. The lowest BCUT2D eigenvalue weighted by Gasteiger charge is -2.46. The molecular formula is C21H32FN3O3. The van der Waals surface area contributed by atoms with Crippen LogP contribution < -0.4 is 4.74 Å². The van der Waals surface area contributed by atoms with Crippen molar-refractivity contribution >= 4 is 5.91 Å². The zero-order valence-electron chi connectivity index (χ0n) is 16.9. The van der Waals surface area contributed by atoms with E-state index in [2.05, 4.69) is 16.8 Å². The van der Waals surface area contributed by atoms with E-state index in [9.17, 15) is 14.3 Å². The number of aliphatic hydroxyl groups is 1. The van der Waals surface area contributed by atoms with Crippen LogP contribution in [-0.2, 0) is 0 Å². The molecule has 1 aromatic carbocycles. The van der Waals surface area contributed by atoms with Gasteiger partial charge in [-0.25, -0.2) is 4.39 Å². The number of amides is 1. The molecule has 156 valence electrons. The minimum Gasteiger partial charge on any atom is -0.496 e. The Labute approximate surface area is 166 Å². The van der Waals surface area contributed by atoms with Gasteiger partial charge in [-0.2, -0.15) is 0 Å². The van der Waals surface area contributed by atoms with E-state index in [-0.39, 0.29) is 18.1 Å². The molecule has 0 bridgehead atoms. The number of piperidine rings is 1. The molecular weight excluding hydrogens is 361 g/mol. The molecule has 2 heterocycles. The summed E-state index contributed by atoms with van der Waals surface area (Å²) in [6, 6.07) is 4.50. The molecule has 1 N–H and O–H groups in total. The molecule has 0 radical (unpaired) electrons. The fourth-order valence-electron chi connectivity index (χ4n) is 4.49. The van der Waals surface area contributed by atoms with Gasteiger partial charge in [-0.3, -0.25) is 9.69 Å². The molecule has 0 aliphatic carbocycles. The zero-order valence-corrected chi connectivity index (χ0v) is 16.9. The van der Waals surface area contributed by atoms with Crippen LogP contribution >= 0.6 is 0 Å². The van der Waals surface area contributed by atoms with Crippen molar-refractivity contribution in [3.05, 3.63) is 29.6 Å². The Bertz CT molecular complexity index is 664. The van der Waals surface area contributed by atoms with Gasteiger partial charge in [0.15, 0.2) is 0 Å². The van der Waals surface area contributed by atoms with Crippen LogP contribution in [0.4, 0.5) is 4.39 Å². The van der Waals surface area contributed by atoms with E-state index in [1.54, 1.807) is 0 Å². The molecule has 0 saturated carbocycles. The number of methoxy groups -OCH3 is 1. The number of rotatable bonds is 6. The molecule has 2 aliphatic heterocycles. The van der Waals surface area contributed by atoms with Crippen LogP contribution in [0, 0.1) is 11.7 Å². The molecule has 1 aromatic rings. The average Bonchev–Trinajstić information content (AvgIpc) is 2.72. The van der Waals surface area contributed by atoms with Gasteiger partial charge in [-0.1, -0.05) is 0 Å². The maximum atomic E-state index is 13.7. The highest BCUT2D eigenvalue weighted by Gasteiger charge is 2.36. The number of hydrogen-bond donors (Lipinski definition) is 1. The Hall–Kier alpha value is -1.70. The minimum atomic E-state index is -0.437. The highest BCUT2D eigenvalue weighted by Crippen LogP contribution is 2.29. The average molecular weight is 394 g/mol. The normalized spacial score (nSPS) is 24.4. The van der Waals surface area contributed by atoms with Gasteiger partial charge in [-0.15, -0.1) is 0 Å². The second-order valence-electron chi connectivity index (χ2n) is 7.92. The number of benzene rings is 1. The predicted molar refractivity (Wildman–Crippen MR) is 106 cm³/mol. The Kier molecular flexibility index (Phi) is 7.26. The van der Waals surface area contributed by atoms with Crippen LogP contribution in [0.25, 0.3) is 0 Å². The number of likely N-dealkylation sites (N-methyl/N-ethyl adjacent to an activating group) is 1. The monoisotopic (exact) mass is 393 g/mol. The van der Waals surface area contributed by atoms with E-state index < -0.39 is 5.82 Å². The predicted octanol–water partition coefficient (Wildman–Crippen LogP) is 1.68. The molecule has 0 unspecified atom stereocenters. The molecule has 2 aliphatic rings. The first-order valence-electron chi connectivity index (χ1n) is 10.2. The quantitative estimate of drug-likeness (QED) is 0.797. The third kappa shape index (κ3) is 4.82. The first-order valence-corrected chi connectivity index (χ1v) is 10.2. The standard InChI is InChI=1S/C21H32FN3O3/c1-23-9-11-24(12-10-23)19-7-8-25(15-16(19)4-3-13-26)21(27)18-14-17(22)5-6-20(18)28-2/h5-6,14,16,19,26H,3-4,7-13,15H2,1-2H3/t16-,19+/m1/s1. The zero-order chi connectivity index (χ0) is 20.1. The van der Waals surface area contributed by atoms with Gasteiger partial charge >= 0.3 is 0 Å². The maximum Gasteiger partial charge on any atom is 0.257 e. The van der Waals surface area contributed by atoms with E-state index in [0.29, 0.717) is 30.8 Å². The number of carbonyl (C=O) groups is 1. The van der Waals surface area contributed by atoms with Crippen molar-refractivity contribution in [2.45, 2.75) is 25.3 Å². The summed E-state index contributed by atoms with van der Waals surface area (Å²) >= 11 is 0. The fourth-order valence-corrected chi connectivity index (χ4v) is 4.49. The lowest BCUT2D eigenvalue weighted by Crippen LogP contribution is -2.57. The Morgan fingerprint density at radius 1 is 1.25 bits per heavy atom. The number of carbonyl (C=O) groups excluding carboxylic acids is 1. The first-order chi connectivity index (χ1) is 13.5. The van der Waals surface area contributed by atoms with Crippen molar-refractivity contribution in [2.75, 3.05) is 60.0 Å². The van der Waals surface area contributed by atoms with E-state index in [0.717, 1.165) is 45.4 Å². The largest absolute Gasteiger partial charge is 0.496 e. The molecule has 0 spiro atoms. The summed E-state index contributed by atoms with van der Waals surface area (Å²) in [6.07, 6.45) is 2.53. The van der Waals surface area contributed by atoms with Gasteiger partial charge in [0.1, 0.15) is 11.6 Å². The number of hydrogen-bond acceptors (Lipinski definition) is 5. The number of nitrogens with zero attached hydrogens (tertiary/aromatic N) is 3. The molecule has 0 aromatic heterocycles. The molecule has 7 heteroatoms. The van der Waals surface area contributed by atoms with Crippen molar-refractivity contribution in [1.29, 1.82) is 0 Å². The van der Waals surface area contributed by atoms with E-state index in [4.69, 9.17) is 4.74 Å². The molecule has 2 saturated heterocycles. The summed E-state index contributed by atoms with van der Waals surface area (Å²) in [5.41, 5.74) is 0.279. The SMILES string of the molecule is COc1ccc(F)cc1C(=O)N1CC[C@H](N2CCN(C)CC2)[C@H](CCCO)C1. The second kappa shape index (κ2) is 9.67. The van der Waals surface area contributed by atoms with Crippen LogP contribution in [-0.4, -0.2) is 91.8 Å². The summed E-state index contributed by atoms with van der Waals surface area (Å²) in [5.74, 6) is 0.0998. The van der Waals surface area contributed by atoms with Crippen LogP contribution in [0.1, 0.15) is 29.6 Å². The van der Waals surface area contributed by atoms with Gasteiger partial charge < -0.3 is 19.6 Å². The van der Waals surface area contributed by atoms with Crippen molar-refractivity contribution < 1.29 is 19.0 Å². The van der Waals surface area contributed by atoms with E-state index in [1.807, 2.05) is 4.90 Å². The molecule has 6 nitrogen and oxygen atoms in total. The lowest BCUT2D eigenvalue weighted by atomic mass is 9.86. The summed E-state index contributed by atoms with van der Waals surface area (Å²) in [6.45, 7) is 5.67. The van der Waals surface area contributed by atoms with Crippen molar-refractivity contribution in [2.24, 2.45) is 5.92 Å². The molecule has 1 amide bonds. The lowest BCUT2D eigenvalue weighted by molar-refractivity contribution is 0.0216. The van der Waals surface area contributed by atoms with Gasteiger partial charge in [-0.05, 0) is 50.4 Å². The van der Waals surface area contributed by atoms with Crippen LogP contribution in [0.15, 0.2) is 18.2 Å². The number of aliphatic hydroxyl groups excluding tert-OH is 1. The number of likely N-dealkylation sites (tertiary alicyclic amines) is 1. The third-order valence-corrected chi connectivity index (χ3v) is 6.11. The Morgan fingerprint density at radius 2 is 2.00 bits per heavy atom. The van der Waals surface area contributed by atoms with Crippen LogP contribution in [0.3, 0.4) is 0 Å². The number of halogens is 1. The summed E-state index contributed by atoms with van der Waals surface area (Å²) in [7, 11) is 3.64. The van der Waals surface area contributed by atoms with Crippen molar-refractivity contribution in [1.82, 2.24) is 14.7 Å². The number of ether oxygens (including phenoxy) is 1. The van der Waals surface area contributed by atoms with Gasteiger partial charge in [0.2, 0.25) is 0 Å². The third-order valence-electron chi connectivity index (χ3n) is 6.11. The van der Waals surface area contributed by atoms with E-state index in [1.165, 1.54) is 25.3 Å². The highest BCUT2D eigenvalue weighted by atomic mass is 19.1. The van der Waals surface area contributed by atoms with Crippen molar-refractivity contribution in [3.63, 3.8) is 0 Å².